The normalized spacial score (nSPS) is 11.4. The van der Waals surface area contributed by atoms with Crippen molar-refractivity contribution in [2.24, 2.45) is 0 Å². The van der Waals surface area contributed by atoms with Crippen molar-refractivity contribution in [3.63, 3.8) is 0 Å². The van der Waals surface area contributed by atoms with Crippen LogP contribution in [0.4, 0.5) is 0 Å². The van der Waals surface area contributed by atoms with Crippen LogP contribution < -0.4 is 0 Å². The summed E-state index contributed by atoms with van der Waals surface area (Å²) in [4.78, 5) is 12.0. The highest BCUT2D eigenvalue weighted by atomic mass is 35.5. The number of aliphatic hydroxyl groups excluding tert-OH is 1. The zero-order chi connectivity index (χ0) is 14.7. The number of phenols is 1. The molecule has 0 saturated heterocycles. The predicted molar refractivity (Wildman–Crippen MR) is 79.2 cm³/mol. The number of hydrogen-bond donors (Lipinski definition) is 2. The molecule has 3 nitrogen and oxygen atoms in total. The van der Waals surface area contributed by atoms with Crippen molar-refractivity contribution in [2.45, 2.75) is 6.92 Å². The second-order valence-electron chi connectivity index (χ2n) is 4.39. The molecular formula is C16H13ClO3. The first-order valence-corrected chi connectivity index (χ1v) is 6.36. The maximum absolute atomic E-state index is 12.0. The number of ketones is 1. The molecule has 2 aromatic carbocycles. The maximum atomic E-state index is 12.0. The number of carbonyl (C=O) groups excluding carboxylic acids is 1. The summed E-state index contributed by atoms with van der Waals surface area (Å²) in [5.74, 6) is -0.804. The lowest BCUT2D eigenvalue weighted by Crippen LogP contribution is -1.98. The van der Waals surface area contributed by atoms with Crippen molar-refractivity contribution in [2.75, 3.05) is 0 Å². The number of rotatable bonds is 3. The van der Waals surface area contributed by atoms with Gasteiger partial charge in [-0.2, -0.15) is 0 Å². The monoisotopic (exact) mass is 288 g/mol. The highest BCUT2D eigenvalue weighted by molar-refractivity contribution is 6.34. The Bertz CT molecular complexity index is 690. The molecule has 0 aromatic heterocycles. The van der Waals surface area contributed by atoms with Gasteiger partial charge in [0.2, 0.25) is 0 Å². The molecule has 0 saturated carbocycles. The lowest BCUT2D eigenvalue weighted by atomic mass is 10.1. The minimum absolute atomic E-state index is 0.0868. The summed E-state index contributed by atoms with van der Waals surface area (Å²) >= 11 is 5.92. The van der Waals surface area contributed by atoms with Crippen LogP contribution in [0.25, 0.3) is 5.76 Å². The van der Waals surface area contributed by atoms with E-state index in [4.69, 9.17) is 11.6 Å². The fourth-order valence-corrected chi connectivity index (χ4v) is 2.02. The van der Waals surface area contributed by atoms with Crippen LogP contribution in [-0.2, 0) is 0 Å². The number of benzene rings is 2. The van der Waals surface area contributed by atoms with Crippen molar-refractivity contribution in [3.8, 4) is 5.75 Å². The van der Waals surface area contributed by atoms with Gasteiger partial charge < -0.3 is 10.2 Å². The van der Waals surface area contributed by atoms with Crippen molar-refractivity contribution in [1.82, 2.24) is 0 Å². The van der Waals surface area contributed by atoms with Gasteiger partial charge in [-0.1, -0.05) is 35.4 Å². The lowest BCUT2D eigenvalue weighted by molar-refractivity contribution is 0.104. The number of aryl methyl sites for hydroxylation is 1. The van der Waals surface area contributed by atoms with E-state index in [1.165, 1.54) is 6.07 Å². The molecule has 0 aliphatic heterocycles. The largest absolute Gasteiger partial charge is 0.507 e. The van der Waals surface area contributed by atoms with E-state index in [-0.39, 0.29) is 17.1 Å². The quantitative estimate of drug-likeness (QED) is 0.507. The smallest absolute Gasteiger partial charge is 0.191 e. The summed E-state index contributed by atoms with van der Waals surface area (Å²) in [5.41, 5.74) is 1.38. The minimum atomic E-state index is -0.422. The van der Waals surface area contributed by atoms with Gasteiger partial charge >= 0.3 is 0 Å². The molecule has 0 heterocycles. The van der Waals surface area contributed by atoms with Crippen molar-refractivity contribution in [3.05, 3.63) is 70.3 Å². The third-order valence-electron chi connectivity index (χ3n) is 2.84. The molecule has 0 unspecified atom stereocenters. The first-order valence-electron chi connectivity index (χ1n) is 5.98. The summed E-state index contributed by atoms with van der Waals surface area (Å²) in [7, 11) is 0. The molecule has 102 valence electrons. The SMILES string of the molecule is Cc1ccc(O)c(C(O)=CC(=O)c2ccccc2Cl)c1. The van der Waals surface area contributed by atoms with Gasteiger partial charge in [-0.3, -0.25) is 4.79 Å². The van der Waals surface area contributed by atoms with Crippen LogP contribution in [0.2, 0.25) is 5.02 Å². The van der Waals surface area contributed by atoms with E-state index in [0.29, 0.717) is 10.6 Å². The Morgan fingerprint density at radius 2 is 1.85 bits per heavy atom. The van der Waals surface area contributed by atoms with Gasteiger partial charge in [0, 0.05) is 11.6 Å². The van der Waals surface area contributed by atoms with E-state index in [0.717, 1.165) is 11.6 Å². The summed E-state index contributed by atoms with van der Waals surface area (Å²) in [6.07, 6.45) is 1.05. The molecule has 0 radical (unpaired) electrons. The van der Waals surface area contributed by atoms with Crippen LogP contribution in [0, 0.1) is 6.92 Å². The van der Waals surface area contributed by atoms with E-state index in [1.807, 2.05) is 6.92 Å². The third kappa shape index (κ3) is 3.00. The molecule has 0 aliphatic carbocycles. The Morgan fingerprint density at radius 1 is 1.15 bits per heavy atom. The maximum Gasteiger partial charge on any atom is 0.191 e. The minimum Gasteiger partial charge on any atom is -0.507 e. The van der Waals surface area contributed by atoms with Crippen LogP contribution in [0.15, 0.2) is 48.5 Å². The molecule has 2 rings (SSSR count). The number of hydrogen-bond acceptors (Lipinski definition) is 3. The topological polar surface area (TPSA) is 57.5 Å². The zero-order valence-electron chi connectivity index (χ0n) is 10.8. The molecule has 20 heavy (non-hydrogen) atoms. The second-order valence-corrected chi connectivity index (χ2v) is 4.80. The van der Waals surface area contributed by atoms with E-state index >= 15 is 0 Å². The van der Waals surface area contributed by atoms with Crippen molar-refractivity contribution in [1.29, 1.82) is 0 Å². The van der Waals surface area contributed by atoms with Crippen LogP contribution in [0.3, 0.4) is 0 Å². The van der Waals surface area contributed by atoms with Gasteiger partial charge in [0.1, 0.15) is 11.5 Å². The van der Waals surface area contributed by atoms with Gasteiger partial charge in [0.25, 0.3) is 0 Å². The van der Waals surface area contributed by atoms with Crippen LogP contribution in [0.1, 0.15) is 21.5 Å². The number of aliphatic hydroxyl groups is 1. The summed E-state index contributed by atoms with van der Waals surface area (Å²) in [5, 5.41) is 20.0. The van der Waals surface area contributed by atoms with Crippen LogP contribution in [0.5, 0.6) is 5.75 Å². The fraction of sp³-hybridized carbons (Fsp3) is 0.0625. The third-order valence-corrected chi connectivity index (χ3v) is 3.16. The van der Waals surface area contributed by atoms with Gasteiger partial charge in [0.15, 0.2) is 5.78 Å². The Labute approximate surface area is 121 Å². The van der Waals surface area contributed by atoms with Gasteiger partial charge in [-0.25, -0.2) is 0 Å². The average Bonchev–Trinajstić information content (AvgIpc) is 2.41. The molecular weight excluding hydrogens is 276 g/mol. The molecule has 0 fully saturated rings. The Balaban J connectivity index is 2.38. The van der Waals surface area contributed by atoms with Crippen molar-refractivity contribution >= 4 is 23.1 Å². The molecule has 0 atom stereocenters. The molecule has 0 aliphatic rings. The van der Waals surface area contributed by atoms with E-state index in [9.17, 15) is 15.0 Å². The zero-order valence-corrected chi connectivity index (χ0v) is 11.6. The summed E-state index contributed by atoms with van der Waals surface area (Å²) in [6.45, 7) is 1.83. The first kappa shape index (κ1) is 14.2. The van der Waals surface area contributed by atoms with E-state index in [1.54, 1.807) is 36.4 Å². The Hall–Kier alpha value is -2.26. The first-order chi connectivity index (χ1) is 9.49. The van der Waals surface area contributed by atoms with Gasteiger partial charge in [-0.05, 0) is 31.2 Å². The predicted octanol–water partition coefficient (Wildman–Crippen LogP) is 4.14. The van der Waals surface area contributed by atoms with Crippen LogP contribution in [-0.4, -0.2) is 16.0 Å². The standard InChI is InChI=1S/C16H13ClO3/c1-10-6-7-14(18)12(8-10)16(20)9-15(19)11-4-2-3-5-13(11)17/h2-9,18,20H,1H3. The van der Waals surface area contributed by atoms with Gasteiger partial charge in [0.05, 0.1) is 10.6 Å². The highest BCUT2D eigenvalue weighted by Crippen LogP contribution is 2.25. The van der Waals surface area contributed by atoms with E-state index in [2.05, 4.69) is 0 Å². The Morgan fingerprint density at radius 3 is 2.55 bits per heavy atom. The number of phenolic OH excluding ortho intramolecular Hbond substituents is 1. The molecule has 0 spiro atoms. The molecule has 4 heteroatoms. The number of allylic oxidation sites excluding steroid dienone is 1. The van der Waals surface area contributed by atoms with Crippen LogP contribution >= 0.6 is 11.6 Å². The highest BCUT2D eigenvalue weighted by Gasteiger charge is 2.11. The van der Waals surface area contributed by atoms with Crippen molar-refractivity contribution < 1.29 is 15.0 Å². The fourth-order valence-electron chi connectivity index (χ4n) is 1.80. The molecule has 2 N–H and O–H groups in total. The number of aromatic hydroxyl groups is 1. The molecule has 0 bridgehead atoms. The molecule has 2 aromatic rings. The number of carbonyl (C=O) groups is 1. The van der Waals surface area contributed by atoms with E-state index < -0.39 is 5.78 Å². The summed E-state index contributed by atoms with van der Waals surface area (Å²) < 4.78 is 0. The van der Waals surface area contributed by atoms with Gasteiger partial charge in [-0.15, -0.1) is 0 Å². The average molecular weight is 289 g/mol. The second kappa shape index (κ2) is 5.80. The Kier molecular flexibility index (Phi) is 4.11. The molecule has 0 amide bonds. The lowest BCUT2D eigenvalue weighted by Gasteiger charge is -2.05. The summed E-state index contributed by atoms with van der Waals surface area (Å²) in [6, 6.07) is 11.4. The number of halogens is 1.